The van der Waals surface area contributed by atoms with Crippen LogP contribution in [0, 0.1) is 13.8 Å². The number of benzene rings is 1. The van der Waals surface area contributed by atoms with E-state index in [9.17, 15) is 4.79 Å². The molecule has 3 heteroatoms. The number of carboxylic acid groups (broad SMARTS) is 1. The van der Waals surface area contributed by atoms with Gasteiger partial charge in [-0.25, -0.2) is 4.79 Å². The van der Waals surface area contributed by atoms with Crippen molar-refractivity contribution in [3.8, 4) is 5.69 Å². The number of hydrogen-bond acceptors (Lipinski definition) is 1. The molecule has 1 heterocycles. The Morgan fingerprint density at radius 2 is 2.00 bits per heavy atom. The maximum atomic E-state index is 11.2. The van der Waals surface area contributed by atoms with Gasteiger partial charge in [-0.15, -0.1) is 0 Å². The first kappa shape index (κ1) is 12.4. The van der Waals surface area contributed by atoms with E-state index < -0.39 is 5.97 Å². The highest BCUT2D eigenvalue weighted by Crippen LogP contribution is 2.21. The van der Waals surface area contributed by atoms with Gasteiger partial charge in [-0.2, -0.15) is 0 Å². The van der Waals surface area contributed by atoms with Gasteiger partial charge in [0.05, 0.1) is 5.56 Å². The summed E-state index contributed by atoms with van der Waals surface area (Å²) in [6.45, 7) is 6.07. The zero-order chi connectivity index (χ0) is 13.3. The van der Waals surface area contributed by atoms with E-state index in [1.54, 1.807) is 6.07 Å². The van der Waals surface area contributed by atoms with E-state index in [0.29, 0.717) is 12.0 Å². The summed E-state index contributed by atoms with van der Waals surface area (Å²) in [6, 6.07) is 7.85. The van der Waals surface area contributed by atoms with E-state index in [2.05, 4.69) is 13.0 Å². The van der Waals surface area contributed by atoms with Crippen LogP contribution in [0.25, 0.3) is 5.69 Å². The highest BCUT2D eigenvalue weighted by atomic mass is 16.4. The number of carbonyl (C=O) groups is 1. The lowest BCUT2D eigenvalue weighted by molar-refractivity contribution is 0.0696. The van der Waals surface area contributed by atoms with Crippen LogP contribution in [0.15, 0.2) is 30.5 Å². The largest absolute Gasteiger partial charge is 0.478 e. The Hall–Kier alpha value is -2.03. The van der Waals surface area contributed by atoms with Crippen LogP contribution in [0.3, 0.4) is 0 Å². The molecule has 3 nitrogen and oxygen atoms in total. The predicted octanol–water partition coefficient (Wildman–Crippen LogP) is 3.35. The predicted molar refractivity (Wildman–Crippen MR) is 71.6 cm³/mol. The Bertz CT molecular complexity index is 597. The average molecular weight is 243 g/mol. The summed E-state index contributed by atoms with van der Waals surface area (Å²) in [5.74, 6) is -0.865. The quantitative estimate of drug-likeness (QED) is 0.898. The fraction of sp³-hybridized carbons (Fsp3) is 0.267. The molecule has 0 unspecified atom stereocenters. The van der Waals surface area contributed by atoms with Crippen molar-refractivity contribution < 1.29 is 9.90 Å². The first-order valence-corrected chi connectivity index (χ1v) is 6.05. The normalized spacial score (nSPS) is 10.6. The van der Waals surface area contributed by atoms with Crippen LogP contribution in [-0.4, -0.2) is 15.6 Å². The molecule has 0 fully saturated rings. The van der Waals surface area contributed by atoms with Crippen molar-refractivity contribution in [3.63, 3.8) is 0 Å². The Kier molecular flexibility index (Phi) is 3.24. The monoisotopic (exact) mass is 243 g/mol. The van der Waals surface area contributed by atoms with Crippen molar-refractivity contribution in [3.05, 3.63) is 52.8 Å². The van der Waals surface area contributed by atoms with Crippen LogP contribution < -0.4 is 0 Å². The van der Waals surface area contributed by atoms with Crippen LogP contribution in [-0.2, 0) is 6.42 Å². The minimum atomic E-state index is -0.865. The molecule has 0 amide bonds. The second-order valence-electron chi connectivity index (χ2n) is 4.49. The van der Waals surface area contributed by atoms with Gasteiger partial charge in [0.25, 0.3) is 0 Å². The lowest BCUT2D eigenvalue weighted by Crippen LogP contribution is -2.05. The summed E-state index contributed by atoms with van der Waals surface area (Å²) in [5, 5.41) is 9.16. The third-order valence-corrected chi connectivity index (χ3v) is 3.17. The SMILES string of the molecule is CCc1c(C(=O)O)ccn1-c1ccc(C)cc1C. The van der Waals surface area contributed by atoms with Crippen molar-refractivity contribution >= 4 is 5.97 Å². The molecule has 0 radical (unpaired) electrons. The topological polar surface area (TPSA) is 42.2 Å². The highest BCUT2D eigenvalue weighted by Gasteiger charge is 2.15. The molecule has 18 heavy (non-hydrogen) atoms. The van der Waals surface area contributed by atoms with Crippen molar-refractivity contribution in [1.82, 2.24) is 4.57 Å². The van der Waals surface area contributed by atoms with Crippen molar-refractivity contribution in [2.24, 2.45) is 0 Å². The molecule has 0 aliphatic heterocycles. The number of aryl methyl sites for hydroxylation is 2. The first-order valence-electron chi connectivity index (χ1n) is 6.05. The molecule has 0 atom stereocenters. The fourth-order valence-corrected chi connectivity index (χ4v) is 2.32. The zero-order valence-corrected chi connectivity index (χ0v) is 10.9. The van der Waals surface area contributed by atoms with E-state index in [-0.39, 0.29) is 0 Å². The average Bonchev–Trinajstić information content (AvgIpc) is 2.72. The van der Waals surface area contributed by atoms with Crippen molar-refractivity contribution in [2.45, 2.75) is 27.2 Å². The number of carboxylic acids is 1. The van der Waals surface area contributed by atoms with Gasteiger partial charge in [0.15, 0.2) is 0 Å². The van der Waals surface area contributed by atoms with E-state index in [0.717, 1.165) is 16.9 Å². The maximum absolute atomic E-state index is 11.2. The summed E-state index contributed by atoms with van der Waals surface area (Å²) in [4.78, 5) is 11.2. The number of nitrogens with zero attached hydrogens (tertiary/aromatic N) is 1. The maximum Gasteiger partial charge on any atom is 0.337 e. The van der Waals surface area contributed by atoms with Crippen LogP contribution in [0.4, 0.5) is 0 Å². The van der Waals surface area contributed by atoms with Gasteiger partial charge in [-0.3, -0.25) is 0 Å². The van der Waals surface area contributed by atoms with Crippen LogP contribution in [0.1, 0.15) is 34.1 Å². The molecule has 0 aliphatic rings. The molecule has 1 N–H and O–H groups in total. The summed E-state index contributed by atoms with van der Waals surface area (Å²) >= 11 is 0. The van der Waals surface area contributed by atoms with E-state index >= 15 is 0 Å². The molecular formula is C15H17NO2. The zero-order valence-electron chi connectivity index (χ0n) is 10.9. The Morgan fingerprint density at radius 3 is 2.56 bits per heavy atom. The second kappa shape index (κ2) is 4.69. The number of aromatic nitrogens is 1. The lowest BCUT2D eigenvalue weighted by Gasteiger charge is -2.12. The van der Waals surface area contributed by atoms with Gasteiger partial charge in [0, 0.05) is 17.6 Å². The molecule has 0 aliphatic carbocycles. The second-order valence-corrected chi connectivity index (χ2v) is 4.49. The number of hydrogen-bond donors (Lipinski definition) is 1. The molecule has 2 rings (SSSR count). The number of aromatic carboxylic acids is 1. The first-order chi connectivity index (χ1) is 8.54. The van der Waals surface area contributed by atoms with Crippen molar-refractivity contribution in [2.75, 3.05) is 0 Å². The van der Waals surface area contributed by atoms with E-state index in [4.69, 9.17) is 5.11 Å². The minimum absolute atomic E-state index is 0.387. The summed E-state index contributed by atoms with van der Waals surface area (Å²) in [6.07, 6.45) is 2.53. The van der Waals surface area contributed by atoms with Gasteiger partial charge < -0.3 is 9.67 Å². The standard InChI is InChI=1S/C15H17NO2/c1-4-13-12(15(17)18)7-8-16(13)14-6-5-10(2)9-11(14)3/h5-9H,4H2,1-3H3,(H,17,18). The fourth-order valence-electron chi connectivity index (χ4n) is 2.32. The molecule has 0 saturated carbocycles. The molecule has 0 spiro atoms. The van der Waals surface area contributed by atoms with Crippen LogP contribution >= 0.6 is 0 Å². The molecule has 0 saturated heterocycles. The third kappa shape index (κ3) is 2.04. The Labute approximate surface area is 107 Å². The van der Waals surface area contributed by atoms with Gasteiger partial charge >= 0.3 is 5.97 Å². The Morgan fingerprint density at radius 1 is 1.28 bits per heavy atom. The van der Waals surface area contributed by atoms with E-state index in [1.165, 1.54) is 5.56 Å². The van der Waals surface area contributed by atoms with Gasteiger partial charge in [-0.1, -0.05) is 24.6 Å². The number of rotatable bonds is 3. The summed E-state index contributed by atoms with van der Waals surface area (Å²) in [7, 11) is 0. The Balaban J connectivity index is 2.60. The molecule has 2 aromatic rings. The molecule has 94 valence electrons. The molecule has 1 aromatic carbocycles. The van der Waals surface area contributed by atoms with Gasteiger partial charge in [0.1, 0.15) is 0 Å². The molecule has 1 aromatic heterocycles. The third-order valence-electron chi connectivity index (χ3n) is 3.17. The van der Waals surface area contributed by atoms with Crippen molar-refractivity contribution in [1.29, 1.82) is 0 Å². The highest BCUT2D eigenvalue weighted by molar-refractivity contribution is 5.89. The van der Waals surface area contributed by atoms with E-state index in [1.807, 2.05) is 36.7 Å². The minimum Gasteiger partial charge on any atom is -0.478 e. The summed E-state index contributed by atoms with van der Waals surface area (Å²) in [5.41, 5.74) is 4.63. The molecule has 0 bridgehead atoms. The smallest absolute Gasteiger partial charge is 0.337 e. The summed E-state index contributed by atoms with van der Waals surface area (Å²) < 4.78 is 1.97. The van der Waals surface area contributed by atoms with Gasteiger partial charge in [0.2, 0.25) is 0 Å². The van der Waals surface area contributed by atoms with Crippen LogP contribution in [0.2, 0.25) is 0 Å². The molecular weight excluding hydrogens is 226 g/mol. The lowest BCUT2D eigenvalue weighted by atomic mass is 10.1. The van der Waals surface area contributed by atoms with Gasteiger partial charge in [-0.05, 0) is 38.0 Å². The van der Waals surface area contributed by atoms with Crippen LogP contribution in [0.5, 0.6) is 0 Å².